The molecule has 5 nitrogen and oxygen atoms in total. The molecule has 0 saturated heterocycles. The SMILES string of the molecule is CS(=O)c1ncc2ccc(=O)n(CC3CCCCC3)c2n1. The molecule has 6 heteroatoms. The van der Waals surface area contributed by atoms with Crippen LogP contribution in [0.4, 0.5) is 0 Å². The van der Waals surface area contributed by atoms with Gasteiger partial charge in [0.15, 0.2) is 0 Å². The molecule has 0 bridgehead atoms. The van der Waals surface area contributed by atoms with Crippen molar-refractivity contribution in [1.82, 2.24) is 14.5 Å². The Morgan fingerprint density at radius 3 is 2.76 bits per heavy atom. The number of nitrogens with zero attached hydrogens (tertiary/aromatic N) is 3. The second-order valence-electron chi connectivity index (χ2n) is 5.67. The molecule has 1 aliphatic rings. The summed E-state index contributed by atoms with van der Waals surface area (Å²) in [7, 11) is -1.24. The summed E-state index contributed by atoms with van der Waals surface area (Å²) in [5.41, 5.74) is 0.563. The molecule has 0 aliphatic heterocycles. The summed E-state index contributed by atoms with van der Waals surface area (Å²) < 4.78 is 13.3. The largest absolute Gasteiger partial charge is 0.292 e. The third-order valence-corrected chi connectivity index (χ3v) is 4.83. The lowest BCUT2D eigenvalue weighted by Crippen LogP contribution is -2.25. The van der Waals surface area contributed by atoms with Gasteiger partial charge in [-0.25, -0.2) is 9.97 Å². The fraction of sp³-hybridized carbons (Fsp3) is 0.533. The Morgan fingerprint density at radius 1 is 1.29 bits per heavy atom. The van der Waals surface area contributed by atoms with Crippen LogP contribution in [0.25, 0.3) is 11.0 Å². The van der Waals surface area contributed by atoms with Gasteiger partial charge >= 0.3 is 0 Å². The summed E-state index contributed by atoms with van der Waals surface area (Å²) in [6.07, 6.45) is 9.30. The second kappa shape index (κ2) is 6.05. The van der Waals surface area contributed by atoms with Crippen molar-refractivity contribution in [2.75, 3.05) is 6.26 Å². The highest BCUT2D eigenvalue weighted by Gasteiger charge is 2.16. The molecule has 1 fully saturated rings. The zero-order valence-corrected chi connectivity index (χ0v) is 12.9. The number of hydrogen-bond donors (Lipinski definition) is 0. The van der Waals surface area contributed by atoms with Crippen molar-refractivity contribution in [2.45, 2.75) is 43.8 Å². The lowest BCUT2D eigenvalue weighted by Gasteiger charge is -2.22. The topological polar surface area (TPSA) is 64.8 Å². The van der Waals surface area contributed by atoms with Gasteiger partial charge in [0.1, 0.15) is 5.65 Å². The van der Waals surface area contributed by atoms with Crippen LogP contribution in [0.5, 0.6) is 0 Å². The molecular weight excluding hydrogens is 286 g/mol. The zero-order chi connectivity index (χ0) is 14.8. The Bertz CT molecular complexity index is 735. The van der Waals surface area contributed by atoms with E-state index in [2.05, 4.69) is 9.97 Å². The van der Waals surface area contributed by atoms with Crippen LogP contribution in [0.1, 0.15) is 32.1 Å². The minimum Gasteiger partial charge on any atom is -0.292 e. The standard InChI is InChI=1S/C15H19N3O2S/c1-21(20)15-16-9-12-7-8-13(19)18(14(12)17-15)10-11-5-3-2-4-6-11/h7-9,11H,2-6,10H2,1H3. The number of fused-ring (bicyclic) bond motifs is 1. The van der Waals surface area contributed by atoms with Gasteiger partial charge in [0, 0.05) is 30.4 Å². The van der Waals surface area contributed by atoms with E-state index in [4.69, 9.17) is 0 Å². The first-order chi connectivity index (χ1) is 10.1. The summed E-state index contributed by atoms with van der Waals surface area (Å²) >= 11 is 0. The van der Waals surface area contributed by atoms with Crippen LogP contribution < -0.4 is 5.56 Å². The van der Waals surface area contributed by atoms with Crippen molar-refractivity contribution in [2.24, 2.45) is 5.92 Å². The van der Waals surface area contributed by atoms with E-state index in [1.807, 2.05) is 0 Å². The molecule has 1 atom stereocenters. The number of rotatable bonds is 3. The van der Waals surface area contributed by atoms with Crippen LogP contribution in [0.15, 0.2) is 28.3 Å². The fourth-order valence-corrected chi connectivity index (χ4v) is 3.41. The van der Waals surface area contributed by atoms with Crippen LogP contribution in [-0.4, -0.2) is 25.0 Å². The maximum atomic E-state index is 12.2. The fourth-order valence-electron chi connectivity index (χ4n) is 3.00. The van der Waals surface area contributed by atoms with E-state index >= 15 is 0 Å². The van der Waals surface area contributed by atoms with E-state index in [9.17, 15) is 9.00 Å². The van der Waals surface area contributed by atoms with E-state index in [0.717, 1.165) is 5.39 Å². The van der Waals surface area contributed by atoms with E-state index in [1.54, 1.807) is 29.2 Å². The predicted molar refractivity (Wildman–Crippen MR) is 82.7 cm³/mol. The minimum atomic E-state index is -1.24. The summed E-state index contributed by atoms with van der Waals surface area (Å²) in [6.45, 7) is 0.697. The average Bonchev–Trinajstić information content (AvgIpc) is 2.50. The molecule has 1 saturated carbocycles. The monoisotopic (exact) mass is 305 g/mol. The lowest BCUT2D eigenvalue weighted by atomic mass is 9.89. The quantitative estimate of drug-likeness (QED) is 0.815. The third-order valence-electron chi connectivity index (χ3n) is 4.12. The second-order valence-corrected chi connectivity index (χ2v) is 6.95. The number of pyridine rings is 1. The smallest absolute Gasteiger partial charge is 0.252 e. The van der Waals surface area contributed by atoms with Gasteiger partial charge < -0.3 is 0 Å². The summed E-state index contributed by atoms with van der Waals surface area (Å²) in [5, 5.41) is 1.10. The Kier molecular flexibility index (Phi) is 4.14. The average molecular weight is 305 g/mol. The first-order valence-corrected chi connectivity index (χ1v) is 8.91. The molecule has 3 rings (SSSR count). The van der Waals surface area contributed by atoms with Crippen molar-refractivity contribution in [3.63, 3.8) is 0 Å². The molecule has 0 amide bonds. The molecule has 1 unspecified atom stereocenters. The molecule has 0 radical (unpaired) electrons. The lowest BCUT2D eigenvalue weighted by molar-refractivity contribution is 0.319. The van der Waals surface area contributed by atoms with Crippen LogP contribution in [0, 0.1) is 5.92 Å². The summed E-state index contributed by atoms with van der Waals surface area (Å²) in [4.78, 5) is 20.7. The molecule has 2 aromatic rings. The molecule has 0 N–H and O–H groups in total. The van der Waals surface area contributed by atoms with Crippen molar-refractivity contribution < 1.29 is 4.21 Å². The third kappa shape index (κ3) is 3.05. The number of aromatic nitrogens is 3. The van der Waals surface area contributed by atoms with Gasteiger partial charge in [-0.1, -0.05) is 19.3 Å². The van der Waals surface area contributed by atoms with Gasteiger partial charge in [0.2, 0.25) is 5.16 Å². The Labute approximate surface area is 125 Å². The maximum absolute atomic E-state index is 12.2. The van der Waals surface area contributed by atoms with Crippen LogP contribution in [0.2, 0.25) is 0 Å². The van der Waals surface area contributed by atoms with Crippen molar-refractivity contribution >= 4 is 21.8 Å². The van der Waals surface area contributed by atoms with E-state index < -0.39 is 10.8 Å². The molecule has 21 heavy (non-hydrogen) atoms. The van der Waals surface area contributed by atoms with Crippen LogP contribution in [-0.2, 0) is 17.3 Å². The van der Waals surface area contributed by atoms with E-state index in [-0.39, 0.29) is 10.7 Å². The molecular formula is C15H19N3O2S. The van der Waals surface area contributed by atoms with Gasteiger partial charge in [0.25, 0.3) is 5.56 Å². The number of hydrogen-bond acceptors (Lipinski definition) is 4. The first-order valence-electron chi connectivity index (χ1n) is 7.35. The molecule has 1 aliphatic carbocycles. The Balaban J connectivity index is 2.05. The highest BCUT2D eigenvalue weighted by molar-refractivity contribution is 7.84. The van der Waals surface area contributed by atoms with Crippen LogP contribution in [0.3, 0.4) is 0 Å². The van der Waals surface area contributed by atoms with Crippen LogP contribution >= 0.6 is 0 Å². The molecule has 112 valence electrons. The molecule has 0 aromatic carbocycles. The van der Waals surface area contributed by atoms with Gasteiger partial charge in [-0.3, -0.25) is 13.6 Å². The van der Waals surface area contributed by atoms with Gasteiger partial charge in [-0.05, 0) is 24.8 Å². The van der Waals surface area contributed by atoms with Crippen molar-refractivity contribution in [3.05, 3.63) is 28.7 Å². The van der Waals surface area contributed by atoms with E-state index in [1.165, 1.54) is 32.1 Å². The molecule has 2 aromatic heterocycles. The normalized spacial score (nSPS) is 18.0. The predicted octanol–water partition coefficient (Wildman–Crippen LogP) is 2.11. The summed E-state index contributed by atoms with van der Waals surface area (Å²) in [5.74, 6) is 0.535. The summed E-state index contributed by atoms with van der Waals surface area (Å²) in [6, 6.07) is 3.30. The Morgan fingerprint density at radius 2 is 2.05 bits per heavy atom. The minimum absolute atomic E-state index is 0.0420. The van der Waals surface area contributed by atoms with Gasteiger partial charge in [-0.2, -0.15) is 0 Å². The van der Waals surface area contributed by atoms with Gasteiger partial charge in [-0.15, -0.1) is 0 Å². The maximum Gasteiger partial charge on any atom is 0.252 e. The first kappa shape index (κ1) is 14.4. The Hall–Kier alpha value is -1.56. The highest BCUT2D eigenvalue weighted by atomic mass is 32.2. The molecule has 0 spiro atoms. The van der Waals surface area contributed by atoms with Crippen molar-refractivity contribution in [3.8, 4) is 0 Å². The van der Waals surface area contributed by atoms with Crippen molar-refractivity contribution in [1.29, 1.82) is 0 Å². The van der Waals surface area contributed by atoms with E-state index in [0.29, 0.717) is 18.1 Å². The van der Waals surface area contributed by atoms with Gasteiger partial charge in [0.05, 0.1) is 10.8 Å². The highest BCUT2D eigenvalue weighted by Crippen LogP contribution is 2.25. The zero-order valence-electron chi connectivity index (χ0n) is 12.1. The molecule has 2 heterocycles.